The zero-order valence-corrected chi connectivity index (χ0v) is 15.7. The van der Waals surface area contributed by atoms with Crippen LogP contribution in [0.3, 0.4) is 0 Å². The molecule has 132 valence electrons. The fraction of sp³-hybridized carbons (Fsp3) is 0.238. The number of anilines is 1. The summed E-state index contributed by atoms with van der Waals surface area (Å²) in [6, 6.07) is 16.4. The number of thioether (sulfide) groups is 1. The molecule has 1 aliphatic heterocycles. The number of hydrogen-bond donors (Lipinski definition) is 0. The number of fused-ring (bicyclic) bond motifs is 1. The van der Waals surface area contributed by atoms with Crippen LogP contribution in [0.15, 0.2) is 66.1 Å². The maximum Gasteiger partial charge on any atom is 0.240 e. The van der Waals surface area contributed by atoms with E-state index in [4.69, 9.17) is 0 Å². The van der Waals surface area contributed by atoms with Gasteiger partial charge in [0.2, 0.25) is 5.91 Å². The summed E-state index contributed by atoms with van der Waals surface area (Å²) in [6.07, 6.45) is 4.66. The van der Waals surface area contributed by atoms with Gasteiger partial charge in [-0.25, -0.2) is 4.98 Å². The molecule has 0 saturated carbocycles. The number of benzene rings is 2. The summed E-state index contributed by atoms with van der Waals surface area (Å²) in [7, 11) is 0. The van der Waals surface area contributed by atoms with E-state index in [-0.39, 0.29) is 11.2 Å². The van der Waals surface area contributed by atoms with Crippen LogP contribution in [0.25, 0.3) is 5.69 Å². The van der Waals surface area contributed by atoms with Crippen LogP contribution in [0.1, 0.15) is 18.1 Å². The largest absolute Gasteiger partial charge is 0.311 e. The molecule has 4 nitrogen and oxygen atoms in total. The Hall–Kier alpha value is -2.53. The van der Waals surface area contributed by atoms with Crippen molar-refractivity contribution in [3.8, 4) is 5.69 Å². The normalized spacial score (nSPS) is 14.3. The molecular weight excluding hydrogens is 342 g/mol. The van der Waals surface area contributed by atoms with Crippen molar-refractivity contribution in [3.63, 3.8) is 0 Å². The summed E-state index contributed by atoms with van der Waals surface area (Å²) < 4.78 is 2.04. The van der Waals surface area contributed by atoms with Gasteiger partial charge < -0.3 is 4.90 Å². The van der Waals surface area contributed by atoms with E-state index in [1.807, 2.05) is 46.9 Å². The maximum absolute atomic E-state index is 13.0. The third-order valence-electron chi connectivity index (χ3n) is 4.67. The van der Waals surface area contributed by atoms with E-state index in [2.05, 4.69) is 36.2 Å². The number of aryl methyl sites for hydroxylation is 1. The molecule has 1 aliphatic rings. The molecule has 2 heterocycles. The van der Waals surface area contributed by atoms with E-state index in [1.165, 1.54) is 22.9 Å². The average molecular weight is 363 g/mol. The van der Waals surface area contributed by atoms with Crippen LogP contribution in [-0.2, 0) is 11.2 Å². The number of para-hydroxylation sites is 1. The SMILES string of the molecule is Cc1cccc(-n2ccnc2SC(C)C(=O)N2CCc3ccccc32)c1. The summed E-state index contributed by atoms with van der Waals surface area (Å²) in [6.45, 7) is 4.79. The number of rotatable bonds is 4. The van der Waals surface area contributed by atoms with Gasteiger partial charge in [0.1, 0.15) is 0 Å². The predicted octanol–water partition coefficient (Wildman–Crippen LogP) is 4.25. The molecule has 1 unspecified atom stereocenters. The van der Waals surface area contributed by atoms with E-state index < -0.39 is 0 Å². The highest BCUT2D eigenvalue weighted by Crippen LogP contribution is 2.31. The molecule has 0 saturated heterocycles. The summed E-state index contributed by atoms with van der Waals surface area (Å²) in [5.41, 5.74) is 4.56. The third-order valence-corrected chi connectivity index (χ3v) is 5.74. The molecule has 1 aromatic heterocycles. The monoisotopic (exact) mass is 363 g/mol. The Labute approximate surface area is 157 Å². The topological polar surface area (TPSA) is 38.1 Å². The van der Waals surface area contributed by atoms with Crippen molar-refractivity contribution in [2.24, 2.45) is 0 Å². The molecule has 26 heavy (non-hydrogen) atoms. The van der Waals surface area contributed by atoms with Crippen molar-refractivity contribution in [3.05, 3.63) is 72.1 Å². The van der Waals surface area contributed by atoms with E-state index in [0.29, 0.717) is 0 Å². The van der Waals surface area contributed by atoms with Gasteiger partial charge in [-0.05, 0) is 49.6 Å². The van der Waals surface area contributed by atoms with E-state index in [1.54, 1.807) is 6.20 Å². The standard InChI is InChI=1S/C21H21N3OS/c1-15-6-5-8-18(14-15)23-13-11-22-21(23)26-16(2)20(25)24-12-10-17-7-3-4-9-19(17)24/h3-9,11,13-14,16H,10,12H2,1-2H3. The van der Waals surface area contributed by atoms with Crippen LogP contribution in [0.2, 0.25) is 0 Å². The minimum Gasteiger partial charge on any atom is -0.311 e. The van der Waals surface area contributed by atoms with Crippen molar-refractivity contribution < 1.29 is 4.79 Å². The van der Waals surface area contributed by atoms with Crippen LogP contribution < -0.4 is 4.90 Å². The number of nitrogens with zero attached hydrogens (tertiary/aromatic N) is 3. The summed E-state index contributed by atoms with van der Waals surface area (Å²) in [4.78, 5) is 19.4. The second-order valence-electron chi connectivity index (χ2n) is 6.55. The van der Waals surface area contributed by atoms with Crippen molar-refractivity contribution in [2.75, 3.05) is 11.4 Å². The van der Waals surface area contributed by atoms with E-state index in [9.17, 15) is 4.79 Å². The van der Waals surface area contributed by atoms with Gasteiger partial charge in [0.25, 0.3) is 0 Å². The zero-order chi connectivity index (χ0) is 18.1. The first-order valence-corrected chi connectivity index (χ1v) is 9.68. The maximum atomic E-state index is 13.0. The molecule has 4 rings (SSSR count). The quantitative estimate of drug-likeness (QED) is 0.651. The summed E-state index contributed by atoms with van der Waals surface area (Å²) in [5, 5.41) is 0.635. The van der Waals surface area contributed by atoms with Gasteiger partial charge in [-0.2, -0.15) is 0 Å². The van der Waals surface area contributed by atoms with Crippen LogP contribution in [-0.4, -0.2) is 27.3 Å². The highest BCUT2D eigenvalue weighted by molar-refractivity contribution is 8.00. The first-order chi connectivity index (χ1) is 12.6. The summed E-state index contributed by atoms with van der Waals surface area (Å²) >= 11 is 1.51. The third kappa shape index (κ3) is 3.15. The molecular formula is C21H21N3OS. The van der Waals surface area contributed by atoms with Crippen LogP contribution in [0.4, 0.5) is 5.69 Å². The Balaban J connectivity index is 1.54. The lowest BCUT2D eigenvalue weighted by atomic mass is 10.2. The fourth-order valence-electron chi connectivity index (χ4n) is 3.35. The smallest absolute Gasteiger partial charge is 0.240 e. The molecule has 3 aromatic rings. The Bertz CT molecular complexity index is 950. The minimum absolute atomic E-state index is 0.138. The second-order valence-corrected chi connectivity index (χ2v) is 7.86. The van der Waals surface area contributed by atoms with Crippen molar-refractivity contribution in [1.29, 1.82) is 0 Å². The molecule has 0 radical (unpaired) electrons. The number of imidazole rings is 1. The van der Waals surface area contributed by atoms with Gasteiger partial charge >= 0.3 is 0 Å². The lowest BCUT2D eigenvalue weighted by molar-refractivity contribution is -0.117. The average Bonchev–Trinajstić information content (AvgIpc) is 3.28. The van der Waals surface area contributed by atoms with Gasteiger partial charge in [0, 0.05) is 30.3 Å². The minimum atomic E-state index is -0.202. The van der Waals surface area contributed by atoms with Crippen molar-refractivity contribution >= 4 is 23.4 Å². The number of hydrogen-bond acceptors (Lipinski definition) is 3. The first-order valence-electron chi connectivity index (χ1n) is 8.80. The lowest BCUT2D eigenvalue weighted by Crippen LogP contribution is -2.35. The highest BCUT2D eigenvalue weighted by Gasteiger charge is 2.29. The number of carbonyl (C=O) groups is 1. The molecule has 1 atom stereocenters. The van der Waals surface area contributed by atoms with E-state index in [0.717, 1.165) is 29.5 Å². The number of carbonyl (C=O) groups excluding carboxylic acids is 1. The number of amides is 1. The van der Waals surface area contributed by atoms with Gasteiger partial charge in [-0.1, -0.05) is 42.1 Å². The fourth-order valence-corrected chi connectivity index (χ4v) is 4.29. The molecule has 5 heteroatoms. The van der Waals surface area contributed by atoms with Crippen LogP contribution in [0.5, 0.6) is 0 Å². The van der Waals surface area contributed by atoms with Crippen LogP contribution >= 0.6 is 11.8 Å². The lowest BCUT2D eigenvalue weighted by Gasteiger charge is -2.21. The highest BCUT2D eigenvalue weighted by atomic mass is 32.2. The zero-order valence-electron chi connectivity index (χ0n) is 14.9. The van der Waals surface area contributed by atoms with Gasteiger partial charge in [-0.3, -0.25) is 9.36 Å². The Morgan fingerprint density at radius 1 is 1.19 bits per heavy atom. The number of aromatic nitrogens is 2. The first kappa shape index (κ1) is 16.9. The van der Waals surface area contributed by atoms with Gasteiger partial charge in [0.05, 0.1) is 5.25 Å². The Kier molecular flexibility index (Phi) is 4.55. The van der Waals surface area contributed by atoms with E-state index >= 15 is 0 Å². The summed E-state index contributed by atoms with van der Waals surface area (Å²) in [5.74, 6) is 0.138. The molecule has 0 aliphatic carbocycles. The molecule has 0 bridgehead atoms. The molecule has 0 fully saturated rings. The van der Waals surface area contributed by atoms with Gasteiger partial charge in [0.15, 0.2) is 5.16 Å². The van der Waals surface area contributed by atoms with Crippen molar-refractivity contribution in [1.82, 2.24) is 9.55 Å². The van der Waals surface area contributed by atoms with Gasteiger partial charge in [-0.15, -0.1) is 0 Å². The molecule has 0 spiro atoms. The predicted molar refractivity (Wildman–Crippen MR) is 106 cm³/mol. The molecule has 0 N–H and O–H groups in total. The van der Waals surface area contributed by atoms with Crippen LogP contribution in [0, 0.1) is 6.92 Å². The molecule has 1 amide bonds. The Morgan fingerprint density at radius 2 is 2.04 bits per heavy atom. The molecule has 2 aromatic carbocycles. The second kappa shape index (κ2) is 7.00. The van der Waals surface area contributed by atoms with Crippen molar-refractivity contribution in [2.45, 2.75) is 30.7 Å². The Morgan fingerprint density at radius 3 is 2.88 bits per heavy atom.